The summed E-state index contributed by atoms with van der Waals surface area (Å²) in [5.74, 6) is 1.46. The van der Waals surface area contributed by atoms with Crippen LogP contribution in [0, 0.1) is 6.92 Å². The molecular weight excluding hydrogens is 440 g/mol. The highest BCUT2D eigenvalue weighted by Crippen LogP contribution is 2.37. The summed E-state index contributed by atoms with van der Waals surface area (Å²) in [5, 5.41) is 16.0. The summed E-state index contributed by atoms with van der Waals surface area (Å²) in [5.41, 5.74) is 11.3. The van der Waals surface area contributed by atoms with Gasteiger partial charge in [-0.05, 0) is 51.7 Å². The number of hydrogen-bond donors (Lipinski definition) is 1. The van der Waals surface area contributed by atoms with E-state index in [1.165, 1.54) is 0 Å². The molecule has 4 aromatic heterocycles. The second-order valence-corrected chi connectivity index (χ2v) is 9.45. The smallest absolute Gasteiger partial charge is 0.125 e. The number of anilines is 1. The van der Waals surface area contributed by atoms with Gasteiger partial charge in [-0.1, -0.05) is 0 Å². The fourth-order valence-corrected chi connectivity index (χ4v) is 5.32. The normalized spacial score (nSPS) is 18.5. The number of rotatable bonds is 5. The van der Waals surface area contributed by atoms with E-state index in [9.17, 15) is 0 Å². The highest BCUT2D eigenvalue weighted by atomic mass is 16.5. The van der Waals surface area contributed by atoms with E-state index in [-0.39, 0.29) is 12.1 Å². The first-order valence-electron chi connectivity index (χ1n) is 12.3. The first kappa shape index (κ1) is 21.6. The number of benzene rings is 1. The fraction of sp³-hybridized carbons (Fsp3) is 0.385. The Kier molecular flexibility index (Phi) is 5.20. The Balaban J connectivity index is 1.23. The number of ether oxygens (including phenoxy) is 1. The maximum absolute atomic E-state index is 6.50. The first-order valence-corrected chi connectivity index (χ1v) is 12.3. The van der Waals surface area contributed by atoms with Crippen LogP contribution in [0.4, 0.5) is 5.82 Å². The molecule has 0 unspecified atom stereocenters. The lowest BCUT2D eigenvalue weighted by Crippen LogP contribution is -2.26. The first-order chi connectivity index (χ1) is 17.0. The van der Waals surface area contributed by atoms with E-state index >= 15 is 0 Å². The maximum atomic E-state index is 6.50. The largest absolute Gasteiger partial charge is 0.490 e. The maximum Gasteiger partial charge on any atom is 0.125 e. The van der Waals surface area contributed by atoms with Crippen molar-refractivity contribution in [1.82, 2.24) is 34.3 Å². The van der Waals surface area contributed by atoms with Crippen molar-refractivity contribution in [1.29, 1.82) is 0 Å². The predicted molar refractivity (Wildman–Crippen MR) is 136 cm³/mol. The molecule has 1 saturated carbocycles. The Morgan fingerprint density at radius 3 is 2.60 bits per heavy atom. The van der Waals surface area contributed by atoms with E-state index in [4.69, 9.17) is 15.6 Å². The Labute approximate surface area is 203 Å². The lowest BCUT2D eigenvalue weighted by Gasteiger charge is -2.30. The molecule has 0 atom stereocenters. The quantitative estimate of drug-likeness (QED) is 0.401. The van der Waals surface area contributed by atoms with Crippen LogP contribution in [0.25, 0.3) is 33.1 Å². The number of hydrogen-bond acceptors (Lipinski definition) is 6. The van der Waals surface area contributed by atoms with Gasteiger partial charge in [0.15, 0.2) is 0 Å². The summed E-state index contributed by atoms with van der Waals surface area (Å²) in [4.78, 5) is 4.33. The highest BCUT2D eigenvalue weighted by Gasteiger charge is 2.27. The van der Waals surface area contributed by atoms with Crippen LogP contribution in [0.15, 0.2) is 43.0 Å². The summed E-state index contributed by atoms with van der Waals surface area (Å²) < 4.78 is 12.5. The minimum atomic E-state index is 0.190. The Morgan fingerprint density at radius 2 is 1.86 bits per heavy atom. The second-order valence-electron chi connectivity index (χ2n) is 9.45. The summed E-state index contributed by atoms with van der Waals surface area (Å²) in [6.45, 7) is 5.09. The number of nitrogens with zero attached hydrogens (tertiary/aromatic N) is 7. The summed E-state index contributed by atoms with van der Waals surface area (Å²) in [6.07, 6.45) is 11.7. The third-order valence-electron chi connectivity index (χ3n) is 7.22. The molecule has 1 aromatic carbocycles. The molecule has 0 bridgehead atoms. The molecule has 0 amide bonds. The standard InChI is InChI=1S/C26H30N8O/c1-4-33-22-9-10-24(16(2)20(22)14-30-33)35-19-7-5-18(6-8-19)34-23-11-25(27)28-13-21(23)26(31-34)17-12-29-32(3)15-17/h9-15,18-19H,4-8H2,1-3H3,(H2,27,28). The van der Waals surface area contributed by atoms with E-state index in [1.54, 1.807) is 4.68 Å². The van der Waals surface area contributed by atoms with Gasteiger partial charge in [0.05, 0.1) is 35.6 Å². The molecular formula is C26H30N8O. The number of nitrogens with two attached hydrogens (primary N) is 1. The highest BCUT2D eigenvalue weighted by molar-refractivity contribution is 5.93. The zero-order valence-corrected chi connectivity index (χ0v) is 20.3. The van der Waals surface area contributed by atoms with E-state index in [0.717, 1.165) is 76.6 Å². The van der Waals surface area contributed by atoms with E-state index < -0.39 is 0 Å². The molecule has 0 aliphatic heterocycles. The lowest BCUT2D eigenvalue weighted by atomic mass is 9.92. The molecule has 5 aromatic rings. The lowest BCUT2D eigenvalue weighted by molar-refractivity contribution is 0.130. The summed E-state index contributed by atoms with van der Waals surface area (Å²) in [6, 6.07) is 6.43. The molecule has 35 heavy (non-hydrogen) atoms. The average molecular weight is 471 g/mol. The predicted octanol–water partition coefficient (Wildman–Crippen LogP) is 4.65. The SMILES string of the molecule is CCn1ncc2c(C)c(OC3CCC(n4nc(-c5cnn(C)c5)c5cnc(N)cc54)CC3)ccc21. The molecule has 0 saturated heterocycles. The van der Waals surface area contributed by atoms with Crippen molar-refractivity contribution in [3.8, 4) is 17.0 Å². The third kappa shape index (κ3) is 3.71. The molecule has 1 aliphatic rings. The molecule has 9 nitrogen and oxygen atoms in total. The van der Waals surface area contributed by atoms with Gasteiger partial charge in [0.25, 0.3) is 0 Å². The van der Waals surface area contributed by atoms with Crippen molar-refractivity contribution in [2.75, 3.05) is 5.73 Å². The molecule has 4 heterocycles. The van der Waals surface area contributed by atoms with E-state index in [2.05, 4.69) is 45.8 Å². The van der Waals surface area contributed by atoms with Gasteiger partial charge in [0.2, 0.25) is 0 Å². The van der Waals surface area contributed by atoms with E-state index in [0.29, 0.717) is 5.82 Å². The second kappa shape index (κ2) is 8.41. The average Bonchev–Trinajstić information content (AvgIpc) is 3.58. The molecule has 1 fully saturated rings. The molecule has 0 radical (unpaired) electrons. The molecule has 180 valence electrons. The fourth-order valence-electron chi connectivity index (χ4n) is 5.32. The molecule has 9 heteroatoms. The number of nitrogen functional groups attached to an aromatic ring is 1. The van der Waals surface area contributed by atoms with Gasteiger partial charge in [0, 0.05) is 54.0 Å². The number of aromatic nitrogens is 7. The van der Waals surface area contributed by atoms with Gasteiger partial charge in [-0.15, -0.1) is 0 Å². The minimum absolute atomic E-state index is 0.190. The van der Waals surface area contributed by atoms with Crippen LogP contribution in [0.5, 0.6) is 5.75 Å². The van der Waals surface area contributed by atoms with E-state index in [1.807, 2.05) is 42.6 Å². The van der Waals surface area contributed by atoms with Crippen molar-refractivity contribution in [3.05, 3.63) is 48.5 Å². The number of pyridine rings is 1. The zero-order chi connectivity index (χ0) is 24.1. The molecule has 6 rings (SSSR count). The van der Waals surface area contributed by atoms with Crippen molar-refractivity contribution >= 4 is 27.6 Å². The van der Waals surface area contributed by atoms with Crippen LogP contribution in [0.1, 0.15) is 44.2 Å². The molecule has 2 N–H and O–H groups in total. The number of fused-ring (bicyclic) bond motifs is 2. The summed E-state index contributed by atoms with van der Waals surface area (Å²) in [7, 11) is 1.91. The van der Waals surface area contributed by atoms with Crippen LogP contribution < -0.4 is 10.5 Å². The van der Waals surface area contributed by atoms with Gasteiger partial charge in [0.1, 0.15) is 17.3 Å². The minimum Gasteiger partial charge on any atom is -0.490 e. The topological polar surface area (TPSA) is 102 Å². The van der Waals surface area contributed by atoms with Crippen molar-refractivity contribution in [3.63, 3.8) is 0 Å². The van der Waals surface area contributed by atoms with Crippen LogP contribution >= 0.6 is 0 Å². The molecule has 1 aliphatic carbocycles. The Morgan fingerprint density at radius 1 is 1.03 bits per heavy atom. The molecule has 0 spiro atoms. The monoisotopic (exact) mass is 470 g/mol. The van der Waals surface area contributed by atoms with Crippen LogP contribution in [0.2, 0.25) is 0 Å². The summed E-state index contributed by atoms with van der Waals surface area (Å²) >= 11 is 0. The zero-order valence-electron chi connectivity index (χ0n) is 20.3. The van der Waals surface area contributed by atoms with Crippen LogP contribution in [-0.4, -0.2) is 40.4 Å². The Hall–Kier alpha value is -3.88. The van der Waals surface area contributed by atoms with Gasteiger partial charge in [-0.25, -0.2) is 4.98 Å². The van der Waals surface area contributed by atoms with Crippen LogP contribution in [0.3, 0.4) is 0 Å². The Bertz CT molecular complexity index is 1520. The van der Waals surface area contributed by atoms with Crippen molar-refractivity contribution in [2.45, 2.75) is 58.2 Å². The number of aryl methyl sites for hydroxylation is 3. The third-order valence-corrected chi connectivity index (χ3v) is 7.22. The van der Waals surface area contributed by atoms with Crippen molar-refractivity contribution < 1.29 is 4.74 Å². The van der Waals surface area contributed by atoms with Gasteiger partial charge in [-0.3, -0.25) is 14.0 Å². The van der Waals surface area contributed by atoms with Crippen LogP contribution in [-0.2, 0) is 13.6 Å². The van der Waals surface area contributed by atoms with Crippen molar-refractivity contribution in [2.24, 2.45) is 7.05 Å². The van der Waals surface area contributed by atoms with Gasteiger partial charge >= 0.3 is 0 Å². The van der Waals surface area contributed by atoms with Gasteiger partial charge < -0.3 is 10.5 Å². The van der Waals surface area contributed by atoms with Gasteiger partial charge in [-0.2, -0.15) is 15.3 Å².